The molecule has 4 aliphatic heterocycles. The molecule has 2 aromatic rings. The summed E-state index contributed by atoms with van der Waals surface area (Å²) in [6.07, 6.45) is 6.20. The maximum absolute atomic E-state index is 16.9. The number of carbonyl (C=O) groups excluding carboxylic acids is 1. The first-order valence-electron chi connectivity index (χ1n) is 17.5. The van der Waals surface area contributed by atoms with Gasteiger partial charge in [-0.05, 0) is 113 Å². The Morgan fingerprint density at radius 3 is 2.59 bits per heavy atom. The van der Waals surface area contributed by atoms with Crippen LogP contribution in [0.1, 0.15) is 81.3 Å². The average molecular weight is 716 g/mol. The molecule has 2 saturated heterocycles. The van der Waals surface area contributed by atoms with Crippen LogP contribution in [-0.4, -0.2) is 81.3 Å². The van der Waals surface area contributed by atoms with Gasteiger partial charge in [-0.1, -0.05) is 30.7 Å². The van der Waals surface area contributed by atoms with Crippen LogP contribution >= 0.6 is 11.6 Å². The van der Waals surface area contributed by atoms with Crippen molar-refractivity contribution in [2.75, 3.05) is 44.4 Å². The van der Waals surface area contributed by atoms with Gasteiger partial charge in [-0.15, -0.1) is 0 Å². The minimum Gasteiger partial charge on any atom is -0.490 e. The molecule has 5 aliphatic rings. The Balaban J connectivity index is 1.36. The summed E-state index contributed by atoms with van der Waals surface area (Å²) in [5, 5.41) is -0.253. The summed E-state index contributed by atoms with van der Waals surface area (Å²) < 4.78 is 65.1. The van der Waals surface area contributed by atoms with Crippen molar-refractivity contribution >= 4 is 33.2 Å². The number of aryl methyl sites for hydroxylation is 1. The number of halogens is 2. The Labute approximate surface area is 294 Å². The monoisotopic (exact) mass is 715 g/mol. The molecule has 0 radical (unpaired) electrons. The van der Waals surface area contributed by atoms with Gasteiger partial charge in [-0.25, -0.2) is 17.5 Å². The summed E-state index contributed by atoms with van der Waals surface area (Å²) in [6, 6.07) is 11.2. The van der Waals surface area contributed by atoms with E-state index in [0.29, 0.717) is 42.7 Å². The van der Waals surface area contributed by atoms with Gasteiger partial charge in [-0.3, -0.25) is 9.69 Å². The molecule has 12 heteroatoms. The number of sulfonamides is 1. The molecule has 49 heavy (non-hydrogen) atoms. The molecule has 9 nitrogen and oxygen atoms in total. The van der Waals surface area contributed by atoms with Crippen molar-refractivity contribution in [1.82, 2.24) is 9.62 Å². The van der Waals surface area contributed by atoms with Crippen LogP contribution in [0.25, 0.3) is 0 Å². The van der Waals surface area contributed by atoms with E-state index < -0.39 is 38.4 Å². The number of ether oxygens (including phenoxy) is 3. The standard InChI is InChI=1S/C37H47ClFN3O6S/c1-24-9-14-33(39)37(22-47-35(3,4)48-23-37)42-16-6-8-29(42)19-41-20-36(15-5-7-26-17-28(38)11-12-30(26)36)21-46-32-13-10-27(18-31(32)41)34(43)40-49(44,45)25(24)2/h10-14,17-18,24-25,29H,5-9,15-16,19-23H2,1-4H3,(H,40,43)/b33-14-/t24-,25+,29-,36-/m0/s1. The number of amides is 1. The van der Waals surface area contributed by atoms with E-state index in [1.807, 2.05) is 19.9 Å². The molecule has 0 unspecified atom stereocenters. The number of hydrogen-bond donors (Lipinski definition) is 1. The Morgan fingerprint density at radius 2 is 1.82 bits per heavy atom. The van der Waals surface area contributed by atoms with E-state index in [9.17, 15) is 13.2 Å². The van der Waals surface area contributed by atoms with E-state index in [2.05, 4.69) is 26.7 Å². The first kappa shape index (κ1) is 34.7. The Hall–Kier alpha value is -2.70. The van der Waals surface area contributed by atoms with Crippen LogP contribution in [0, 0.1) is 5.92 Å². The maximum Gasteiger partial charge on any atom is 0.264 e. The highest BCUT2D eigenvalue weighted by atomic mass is 35.5. The quantitative estimate of drug-likeness (QED) is 0.348. The Kier molecular flexibility index (Phi) is 9.08. The molecule has 2 aromatic carbocycles. The second-order valence-electron chi connectivity index (χ2n) is 15.2. The second-order valence-corrected chi connectivity index (χ2v) is 17.7. The van der Waals surface area contributed by atoms with Gasteiger partial charge < -0.3 is 19.1 Å². The molecule has 0 aromatic heterocycles. The third-order valence-corrected chi connectivity index (χ3v) is 13.8. The fourth-order valence-electron chi connectivity index (χ4n) is 8.47. The van der Waals surface area contributed by atoms with E-state index in [-0.39, 0.29) is 42.5 Å². The smallest absolute Gasteiger partial charge is 0.264 e. The molecule has 1 amide bonds. The lowest BCUT2D eigenvalue weighted by molar-refractivity contribution is -0.283. The zero-order valence-electron chi connectivity index (χ0n) is 28.8. The fraction of sp³-hybridized carbons (Fsp3) is 0.595. The number of carbonyl (C=O) groups is 1. The Morgan fingerprint density at radius 1 is 1.04 bits per heavy atom. The summed E-state index contributed by atoms with van der Waals surface area (Å²) in [5.74, 6) is -1.79. The van der Waals surface area contributed by atoms with Crippen LogP contribution in [0.2, 0.25) is 5.02 Å². The molecule has 2 bridgehead atoms. The number of rotatable bonds is 0. The molecule has 2 fully saturated rings. The van der Waals surface area contributed by atoms with E-state index in [4.69, 9.17) is 25.8 Å². The molecule has 0 saturated carbocycles. The van der Waals surface area contributed by atoms with Gasteiger partial charge in [0.2, 0.25) is 10.0 Å². The topological polar surface area (TPSA) is 97.4 Å². The zero-order chi connectivity index (χ0) is 34.8. The number of fused-ring (bicyclic) bond motifs is 5. The summed E-state index contributed by atoms with van der Waals surface area (Å²) in [5.41, 5.74) is 1.84. The average Bonchev–Trinajstić information content (AvgIpc) is 3.47. The summed E-state index contributed by atoms with van der Waals surface area (Å²) in [6.45, 7) is 9.44. The maximum atomic E-state index is 16.9. The molecule has 266 valence electrons. The van der Waals surface area contributed by atoms with Gasteiger partial charge in [0.05, 0.1) is 30.8 Å². The van der Waals surface area contributed by atoms with Gasteiger partial charge in [0.15, 0.2) is 5.79 Å². The number of benzene rings is 2. The Bertz CT molecular complexity index is 1760. The van der Waals surface area contributed by atoms with Crippen molar-refractivity contribution in [3.8, 4) is 5.75 Å². The van der Waals surface area contributed by atoms with Gasteiger partial charge in [0, 0.05) is 35.1 Å². The molecular formula is C37H47ClFN3O6S. The van der Waals surface area contributed by atoms with Crippen molar-refractivity contribution in [3.63, 3.8) is 0 Å². The van der Waals surface area contributed by atoms with Crippen molar-refractivity contribution in [2.24, 2.45) is 5.92 Å². The highest BCUT2D eigenvalue weighted by Crippen LogP contribution is 2.46. The van der Waals surface area contributed by atoms with Crippen LogP contribution in [0.5, 0.6) is 5.75 Å². The van der Waals surface area contributed by atoms with Crippen LogP contribution in [-0.2, 0) is 31.3 Å². The first-order chi connectivity index (χ1) is 23.2. The predicted molar refractivity (Wildman–Crippen MR) is 187 cm³/mol. The lowest BCUT2D eigenvalue weighted by Gasteiger charge is -2.50. The summed E-state index contributed by atoms with van der Waals surface area (Å²) in [7, 11) is -4.08. The zero-order valence-corrected chi connectivity index (χ0v) is 30.3. The number of nitrogens with one attached hydrogen (secondary N) is 1. The molecular weight excluding hydrogens is 669 g/mol. The number of hydrogen-bond acceptors (Lipinski definition) is 8. The normalized spacial score (nSPS) is 32.3. The minimum atomic E-state index is -4.08. The second kappa shape index (κ2) is 12.8. The van der Waals surface area contributed by atoms with Gasteiger partial charge in [-0.2, -0.15) is 0 Å². The van der Waals surface area contributed by atoms with Gasteiger partial charge in [0.25, 0.3) is 5.91 Å². The summed E-state index contributed by atoms with van der Waals surface area (Å²) in [4.78, 5) is 18.1. The molecule has 2 spiro atoms. The van der Waals surface area contributed by atoms with Crippen molar-refractivity contribution in [3.05, 3.63) is 70.0 Å². The largest absolute Gasteiger partial charge is 0.490 e. The van der Waals surface area contributed by atoms with Crippen LogP contribution < -0.4 is 14.4 Å². The van der Waals surface area contributed by atoms with E-state index in [1.165, 1.54) is 17.2 Å². The summed E-state index contributed by atoms with van der Waals surface area (Å²) >= 11 is 6.45. The van der Waals surface area contributed by atoms with Crippen molar-refractivity contribution < 1.29 is 31.8 Å². The molecule has 1 N–H and O–H groups in total. The fourth-order valence-corrected chi connectivity index (χ4v) is 9.95. The molecule has 4 atom stereocenters. The van der Waals surface area contributed by atoms with Crippen molar-refractivity contribution in [2.45, 2.75) is 94.3 Å². The lowest BCUT2D eigenvalue weighted by Crippen LogP contribution is -2.64. The SMILES string of the molecule is C[C@@H]1[C@@H](C)C/C=C(\F)C2(COC(C)(C)OC2)N2CCC[C@H]2CN2C[C@@]3(CCCc4cc(Cl)ccc43)COc3ccc(cc32)C(=O)NS1(=O)=O. The first-order valence-corrected chi connectivity index (χ1v) is 19.4. The van der Waals surface area contributed by atoms with Crippen LogP contribution in [0.4, 0.5) is 10.1 Å². The third kappa shape index (κ3) is 6.39. The van der Waals surface area contributed by atoms with Gasteiger partial charge in [0.1, 0.15) is 17.1 Å². The van der Waals surface area contributed by atoms with Crippen molar-refractivity contribution in [1.29, 1.82) is 0 Å². The molecule has 7 rings (SSSR count). The highest BCUT2D eigenvalue weighted by Gasteiger charge is 2.52. The number of nitrogens with zero attached hydrogens (tertiary/aromatic N) is 2. The molecule has 4 heterocycles. The van der Waals surface area contributed by atoms with E-state index >= 15 is 4.39 Å². The minimum absolute atomic E-state index is 0.0639. The molecule has 1 aliphatic carbocycles. The lowest BCUT2D eigenvalue weighted by atomic mass is 9.70. The third-order valence-electron chi connectivity index (χ3n) is 11.6. The number of allylic oxidation sites excluding steroid dienone is 1. The number of anilines is 1. The van der Waals surface area contributed by atoms with Crippen LogP contribution in [0.15, 0.2) is 48.3 Å². The van der Waals surface area contributed by atoms with Crippen LogP contribution in [0.3, 0.4) is 0 Å². The van der Waals surface area contributed by atoms with E-state index in [0.717, 1.165) is 32.1 Å². The predicted octanol–water partition coefficient (Wildman–Crippen LogP) is 6.14. The highest BCUT2D eigenvalue weighted by molar-refractivity contribution is 7.90. The van der Waals surface area contributed by atoms with Gasteiger partial charge >= 0.3 is 0 Å². The van der Waals surface area contributed by atoms with E-state index in [1.54, 1.807) is 32.0 Å².